The number of aliphatic hydroxyl groups is 3. The number of amides is 3. The van der Waals surface area contributed by atoms with Crippen molar-refractivity contribution in [1.29, 1.82) is 0 Å². The van der Waals surface area contributed by atoms with E-state index in [0.29, 0.717) is 19.4 Å². The molecular weight excluding hydrogens is 666 g/mol. The van der Waals surface area contributed by atoms with E-state index in [9.17, 15) is 34.5 Å². The smallest absolute Gasteiger partial charge is 0.303 e. The van der Waals surface area contributed by atoms with Gasteiger partial charge in [0.1, 0.15) is 30.4 Å². The number of hydrogen-bond acceptors (Lipinski definition) is 8. The van der Waals surface area contributed by atoms with Gasteiger partial charge in [-0.1, -0.05) is 137 Å². The van der Waals surface area contributed by atoms with E-state index in [-0.39, 0.29) is 37.5 Å². The van der Waals surface area contributed by atoms with Crippen LogP contribution in [0.1, 0.15) is 175 Å². The van der Waals surface area contributed by atoms with Crippen molar-refractivity contribution in [3.8, 4) is 0 Å². The van der Waals surface area contributed by atoms with E-state index in [1.165, 1.54) is 70.6 Å². The minimum atomic E-state index is -1.57. The number of unbranched alkanes of at least 4 members (excludes halogenated alkanes) is 17. The molecule has 0 radical (unpaired) electrons. The van der Waals surface area contributed by atoms with Crippen LogP contribution in [0.4, 0.5) is 0 Å². The molecule has 52 heavy (non-hydrogen) atoms. The largest absolute Gasteiger partial charge is 0.481 e. The van der Waals surface area contributed by atoms with Crippen LogP contribution >= 0.6 is 0 Å². The van der Waals surface area contributed by atoms with Crippen molar-refractivity contribution >= 4 is 23.7 Å². The summed E-state index contributed by atoms with van der Waals surface area (Å²) < 4.78 is 6.13. The molecule has 1 aliphatic rings. The zero-order valence-corrected chi connectivity index (χ0v) is 33.0. The molecule has 1 fully saturated rings. The predicted octanol–water partition coefficient (Wildman–Crippen LogP) is 5.98. The third-order valence-electron chi connectivity index (χ3n) is 10.0. The van der Waals surface area contributed by atoms with E-state index < -0.39 is 61.0 Å². The van der Waals surface area contributed by atoms with Crippen LogP contribution in [0, 0.1) is 5.92 Å². The van der Waals surface area contributed by atoms with Crippen molar-refractivity contribution in [2.45, 2.75) is 212 Å². The van der Waals surface area contributed by atoms with Crippen LogP contribution in [0.25, 0.3) is 0 Å². The number of ether oxygens (including phenoxy) is 1. The Balaban J connectivity index is 3.11. The number of hydrogen-bond donors (Lipinski definition) is 6. The Morgan fingerprint density at radius 3 is 1.67 bits per heavy atom. The first-order valence-corrected chi connectivity index (χ1v) is 20.7. The molecule has 0 aromatic rings. The summed E-state index contributed by atoms with van der Waals surface area (Å²) in [6.45, 7) is 7.90. The maximum atomic E-state index is 13.9. The second-order valence-corrected chi connectivity index (χ2v) is 15.3. The Bertz CT molecular complexity index is 982. The molecule has 0 unspecified atom stereocenters. The fourth-order valence-electron chi connectivity index (χ4n) is 6.87. The molecule has 304 valence electrons. The SMILES string of the molecule is CCCCCCCCCCCCN(C(=O)CCCCCCCCCCC)[C@@H]1O[C@H](CO)[C@@H](O)[C@H](O)[C@@H]1NC(=O)[C@H](CC(C)C)NC(=O)CCC(=O)O. The lowest BCUT2D eigenvalue weighted by Crippen LogP contribution is -2.70. The van der Waals surface area contributed by atoms with E-state index in [1.807, 2.05) is 13.8 Å². The number of aliphatic hydroxyl groups excluding tert-OH is 3. The average molecular weight is 742 g/mol. The van der Waals surface area contributed by atoms with Crippen molar-refractivity contribution in [1.82, 2.24) is 15.5 Å². The van der Waals surface area contributed by atoms with E-state index >= 15 is 0 Å². The van der Waals surface area contributed by atoms with E-state index in [1.54, 1.807) is 4.90 Å². The number of carbonyl (C=O) groups is 4. The van der Waals surface area contributed by atoms with Gasteiger partial charge in [0.15, 0.2) is 6.23 Å². The van der Waals surface area contributed by atoms with Crippen LogP contribution in [-0.4, -0.2) is 98.8 Å². The lowest BCUT2D eigenvalue weighted by atomic mass is 9.94. The first-order valence-electron chi connectivity index (χ1n) is 20.7. The summed E-state index contributed by atoms with van der Waals surface area (Å²) in [6.07, 6.45) is 15.5. The summed E-state index contributed by atoms with van der Waals surface area (Å²) in [6, 6.07) is -2.29. The Morgan fingerprint density at radius 1 is 0.692 bits per heavy atom. The van der Waals surface area contributed by atoms with Crippen molar-refractivity contribution in [3.05, 3.63) is 0 Å². The van der Waals surface area contributed by atoms with Crippen LogP contribution in [0.3, 0.4) is 0 Å². The van der Waals surface area contributed by atoms with Gasteiger partial charge in [-0.15, -0.1) is 0 Å². The third kappa shape index (κ3) is 20.3. The molecular formula is C40H75N3O9. The van der Waals surface area contributed by atoms with Gasteiger partial charge >= 0.3 is 5.97 Å². The fourth-order valence-corrected chi connectivity index (χ4v) is 6.87. The number of carboxylic acids is 1. The van der Waals surface area contributed by atoms with Gasteiger partial charge in [0, 0.05) is 19.4 Å². The molecule has 0 aliphatic carbocycles. The lowest BCUT2D eigenvalue weighted by Gasteiger charge is -2.47. The molecule has 3 amide bonds. The standard InChI is InChI=1S/C40H75N3O9/c1-5-7-9-11-13-15-17-19-21-23-27-43(34(46)24-22-20-18-16-14-12-10-8-6-2)40-36(38(50)37(49)32(29-44)52-40)42-39(51)31(28-30(3)4)41-33(45)25-26-35(47)48/h30-32,36-38,40,44,49-50H,5-29H2,1-4H3,(H,41,45)(H,42,51)(H,47,48)/t31-,32+,36-,37+,38+,40+/m0/s1. The van der Waals surface area contributed by atoms with Gasteiger partial charge in [-0.05, 0) is 25.2 Å². The lowest BCUT2D eigenvalue weighted by molar-refractivity contribution is -0.231. The number of aliphatic carboxylic acids is 1. The number of nitrogens with one attached hydrogen (secondary N) is 2. The summed E-state index contributed by atoms with van der Waals surface area (Å²) in [4.78, 5) is 52.8. The monoisotopic (exact) mass is 742 g/mol. The maximum absolute atomic E-state index is 13.9. The molecule has 0 bridgehead atoms. The van der Waals surface area contributed by atoms with Gasteiger partial charge < -0.3 is 40.7 Å². The summed E-state index contributed by atoms with van der Waals surface area (Å²) in [7, 11) is 0. The van der Waals surface area contributed by atoms with Crippen LogP contribution in [-0.2, 0) is 23.9 Å². The zero-order chi connectivity index (χ0) is 38.7. The molecule has 12 nitrogen and oxygen atoms in total. The van der Waals surface area contributed by atoms with E-state index in [4.69, 9.17) is 9.84 Å². The van der Waals surface area contributed by atoms with Crippen LogP contribution in [0.5, 0.6) is 0 Å². The Labute approximate surface area is 314 Å². The first kappa shape index (κ1) is 47.7. The normalized spacial score (nSPS) is 20.8. The minimum absolute atomic E-state index is 0.0195. The topological polar surface area (TPSA) is 186 Å². The highest BCUT2D eigenvalue weighted by Crippen LogP contribution is 2.26. The zero-order valence-electron chi connectivity index (χ0n) is 33.0. The number of nitrogens with zero attached hydrogens (tertiary/aromatic N) is 1. The molecule has 0 spiro atoms. The quantitative estimate of drug-likeness (QED) is 0.0466. The van der Waals surface area contributed by atoms with Crippen molar-refractivity contribution in [2.75, 3.05) is 13.2 Å². The highest BCUT2D eigenvalue weighted by Gasteiger charge is 2.48. The minimum Gasteiger partial charge on any atom is -0.481 e. The molecule has 0 aromatic heterocycles. The van der Waals surface area contributed by atoms with Crippen LogP contribution in [0.15, 0.2) is 0 Å². The van der Waals surface area contributed by atoms with Gasteiger partial charge in [0.25, 0.3) is 0 Å². The first-order chi connectivity index (χ1) is 25.0. The van der Waals surface area contributed by atoms with Crippen LogP contribution < -0.4 is 10.6 Å². The Hall–Kier alpha value is -2.28. The Morgan fingerprint density at radius 2 is 1.19 bits per heavy atom. The molecule has 12 heteroatoms. The van der Waals surface area contributed by atoms with Gasteiger partial charge in [-0.2, -0.15) is 0 Å². The second kappa shape index (κ2) is 29.1. The molecule has 6 N–H and O–H groups in total. The molecule has 6 atom stereocenters. The molecule has 1 heterocycles. The van der Waals surface area contributed by atoms with Gasteiger partial charge in [-0.25, -0.2) is 0 Å². The van der Waals surface area contributed by atoms with Gasteiger partial charge in [0.05, 0.1) is 13.0 Å². The summed E-state index contributed by atoms with van der Waals surface area (Å²) in [5.74, 6) is -2.57. The Kier molecular flexibility index (Phi) is 26.7. The van der Waals surface area contributed by atoms with Crippen molar-refractivity contribution in [2.24, 2.45) is 5.92 Å². The van der Waals surface area contributed by atoms with Gasteiger partial charge in [0.2, 0.25) is 17.7 Å². The average Bonchev–Trinajstić information content (AvgIpc) is 3.10. The second-order valence-electron chi connectivity index (χ2n) is 15.3. The number of rotatable bonds is 31. The van der Waals surface area contributed by atoms with Crippen molar-refractivity contribution in [3.63, 3.8) is 0 Å². The highest BCUT2D eigenvalue weighted by atomic mass is 16.5. The predicted molar refractivity (Wildman–Crippen MR) is 203 cm³/mol. The highest BCUT2D eigenvalue weighted by molar-refractivity contribution is 5.89. The maximum Gasteiger partial charge on any atom is 0.303 e. The molecule has 0 saturated carbocycles. The van der Waals surface area contributed by atoms with Crippen LogP contribution in [0.2, 0.25) is 0 Å². The molecule has 1 rings (SSSR count). The summed E-state index contributed by atoms with van der Waals surface area (Å²) in [5.41, 5.74) is 0. The molecule has 1 saturated heterocycles. The summed E-state index contributed by atoms with van der Waals surface area (Å²) in [5, 5.41) is 46.6. The molecule has 0 aromatic carbocycles. The third-order valence-corrected chi connectivity index (χ3v) is 10.0. The van der Waals surface area contributed by atoms with E-state index in [2.05, 4.69) is 24.5 Å². The summed E-state index contributed by atoms with van der Waals surface area (Å²) >= 11 is 0. The number of carbonyl (C=O) groups excluding carboxylic acids is 3. The van der Waals surface area contributed by atoms with E-state index in [0.717, 1.165) is 38.5 Å². The fraction of sp³-hybridized carbons (Fsp3) is 0.900. The molecule has 1 aliphatic heterocycles. The van der Waals surface area contributed by atoms with Crippen molar-refractivity contribution < 1.29 is 44.3 Å². The van der Waals surface area contributed by atoms with Gasteiger partial charge in [-0.3, -0.25) is 19.2 Å². The number of carboxylic acid groups (broad SMARTS) is 1.